The summed E-state index contributed by atoms with van der Waals surface area (Å²) in [6.07, 6.45) is 5.91. The highest BCUT2D eigenvalue weighted by Gasteiger charge is 2.40. The molecule has 0 saturated heterocycles. The van der Waals surface area contributed by atoms with Crippen molar-refractivity contribution >= 4 is 11.6 Å². The molecule has 1 amide bonds. The van der Waals surface area contributed by atoms with Gasteiger partial charge in [0.1, 0.15) is 5.65 Å². The first-order valence-corrected chi connectivity index (χ1v) is 8.09. The van der Waals surface area contributed by atoms with E-state index in [4.69, 9.17) is 0 Å². The summed E-state index contributed by atoms with van der Waals surface area (Å²) in [4.78, 5) is 16.6. The van der Waals surface area contributed by atoms with Crippen LogP contribution >= 0.6 is 0 Å². The zero-order valence-corrected chi connectivity index (χ0v) is 12.7. The first kappa shape index (κ1) is 13.7. The van der Waals surface area contributed by atoms with Crippen molar-refractivity contribution in [1.82, 2.24) is 14.7 Å². The third kappa shape index (κ3) is 2.02. The maximum atomic E-state index is 14.5. The van der Waals surface area contributed by atoms with Gasteiger partial charge in [-0.15, -0.1) is 0 Å². The summed E-state index contributed by atoms with van der Waals surface area (Å²) >= 11 is 0. The van der Waals surface area contributed by atoms with Crippen LogP contribution in [0.25, 0.3) is 5.65 Å². The fraction of sp³-hybridized carbons (Fsp3) is 0.529. The summed E-state index contributed by atoms with van der Waals surface area (Å²) in [6.45, 7) is 1.81. The second-order valence-electron chi connectivity index (χ2n) is 6.62. The molecule has 2 heterocycles. The number of rotatable bonds is 2. The molecule has 4 rings (SSSR count). The van der Waals surface area contributed by atoms with Gasteiger partial charge in [0, 0.05) is 11.7 Å². The molecular weight excluding hydrogens is 281 g/mol. The Morgan fingerprint density at radius 2 is 2.18 bits per heavy atom. The van der Waals surface area contributed by atoms with E-state index in [1.807, 2.05) is 6.07 Å². The van der Waals surface area contributed by atoms with Crippen molar-refractivity contribution in [3.05, 3.63) is 35.5 Å². The number of aryl methyl sites for hydroxylation is 1. The first-order chi connectivity index (χ1) is 10.6. The fourth-order valence-electron chi connectivity index (χ4n) is 4.33. The molecule has 0 radical (unpaired) electrons. The predicted molar refractivity (Wildman–Crippen MR) is 81.2 cm³/mol. The van der Waals surface area contributed by atoms with Gasteiger partial charge in [0.25, 0.3) is 5.91 Å². The molecule has 1 N–H and O–H groups in total. The second kappa shape index (κ2) is 5.07. The van der Waals surface area contributed by atoms with E-state index < -0.39 is 5.95 Å². The van der Waals surface area contributed by atoms with Crippen molar-refractivity contribution < 1.29 is 9.18 Å². The predicted octanol–water partition coefficient (Wildman–Crippen LogP) is 3.09. The van der Waals surface area contributed by atoms with E-state index in [-0.39, 0.29) is 17.6 Å². The Balaban J connectivity index is 1.61. The van der Waals surface area contributed by atoms with Gasteiger partial charge in [-0.05, 0) is 50.2 Å². The third-order valence-corrected chi connectivity index (χ3v) is 5.40. The van der Waals surface area contributed by atoms with Crippen LogP contribution in [0.5, 0.6) is 0 Å². The van der Waals surface area contributed by atoms with Crippen molar-refractivity contribution in [2.45, 2.75) is 45.1 Å². The van der Waals surface area contributed by atoms with Gasteiger partial charge in [-0.1, -0.05) is 18.9 Å². The van der Waals surface area contributed by atoms with Crippen LogP contribution in [0.4, 0.5) is 4.39 Å². The van der Waals surface area contributed by atoms with Crippen LogP contribution in [-0.4, -0.2) is 21.3 Å². The summed E-state index contributed by atoms with van der Waals surface area (Å²) < 4.78 is 15.9. The molecule has 5 heteroatoms. The molecule has 0 unspecified atom stereocenters. The lowest BCUT2D eigenvalue weighted by Gasteiger charge is -2.19. The van der Waals surface area contributed by atoms with E-state index in [1.165, 1.54) is 30.1 Å². The van der Waals surface area contributed by atoms with Crippen LogP contribution in [0.15, 0.2) is 18.2 Å². The lowest BCUT2D eigenvalue weighted by atomic mass is 9.97. The van der Waals surface area contributed by atoms with E-state index in [1.54, 1.807) is 19.1 Å². The molecule has 4 nitrogen and oxygen atoms in total. The van der Waals surface area contributed by atoms with Crippen molar-refractivity contribution in [2.75, 3.05) is 0 Å². The number of hydrogen-bond donors (Lipinski definition) is 1. The highest BCUT2D eigenvalue weighted by Crippen LogP contribution is 2.44. The van der Waals surface area contributed by atoms with Gasteiger partial charge in [0.15, 0.2) is 5.69 Å². The molecule has 2 aliphatic carbocycles. The molecule has 22 heavy (non-hydrogen) atoms. The monoisotopic (exact) mass is 301 g/mol. The Morgan fingerprint density at radius 1 is 1.32 bits per heavy atom. The van der Waals surface area contributed by atoms with Gasteiger partial charge < -0.3 is 5.32 Å². The Kier molecular flexibility index (Phi) is 3.17. The number of imidazole rings is 1. The van der Waals surface area contributed by atoms with Crippen LogP contribution in [0.2, 0.25) is 0 Å². The number of amides is 1. The lowest BCUT2D eigenvalue weighted by molar-refractivity contribution is 0.0917. The fourth-order valence-corrected chi connectivity index (χ4v) is 4.33. The van der Waals surface area contributed by atoms with Crippen molar-refractivity contribution in [1.29, 1.82) is 0 Å². The number of carbonyl (C=O) groups is 1. The minimum absolute atomic E-state index is 0.0873. The van der Waals surface area contributed by atoms with Crippen LogP contribution < -0.4 is 5.32 Å². The molecule has 0 spiro atoms. The molecule has 2 aromatic heterocycles. The van der Waals surface area contributed by atoms with Crippen LogP contribution in [0, 0.1) is 24.7 Å². The van der Waals surface area contributed by atoms with Crippen LogP contribution in [0.1, 0.15) is 48.3 Å². The quantitative estimate of drug-likeness (QED) is 0.926. The third-order valence-electron chi connectivity index (χ3n) is 5.40. The summed E-state index contributed by atoms with van der Waals surface area (Å²) in [7, 11) is 0. The number of nitrogens with zero attached hydrogens (tertiary/aromatic N) is 2. The van der Waals surface area contributed by atoms with E-state index >= 15 is 0 Å². The number of halogens is 1. The molecule has 2 aromatic rings. The molecule has 116 valence electrons. The normalized spacial score (nSPS) is 27.3. The molecule has 0 aliphatic heterocycles. The van der Waals surface area contributed by atoms with Crippen LogP contribution in [-0.2, 0) is 0 Å². The largest absolute Gasteiger partial charge is 0.348 e. The number of carbonyl (C=O) groups excluding carboxylic acids is 1. The highest BCUT2D eigenvalue weighted by atomic mass is 19.1. The Labute approximate surface area is 128 Å². The Bertz CT molecular complexity index is 739. The highest BCUT2D eigenvalue weighted by molar-refractivity contribution is 5.93. The van der Waals surface area contributed by atoms with Crippen molar-refractivity contribution in [2.24, 2.45) is 11.8 Å². The van der Waals surface area contributed by atoms with Gasteiger partial charge in [-0.25, -0.2) is 4.98 Å². The topological polar surface area (TPSA) is 46.4 Å². The van der Waals surface area contributed by atoms with Gasteiger partial charge in [-0.2, -0.15) is 4.39 Å². The summed E-state index contributed by atoms with van der Waals surface area (Å²) in [5.74, 6) is 0.383. The minimum atomic E-state index is -0.563. The number of fused-ring (bicyclic) bond motifs is 2. The average Bonchev–Trinajstić information content (AvgIpc) is 3.16. The van der Waals surface area contributed by atoms with Gasteiger partial charge in [0.2, 0.25) is 5.95 Å². The Hall–Kier alpha value is -1.91. The van der Waals surface area contributed by atoms with Gasteiger partial charge >= 0.3 is 0 Å². The SMILES string of the molecule is Cc1cccc2nc(C(=O)N[C@H]3CC[C@@H]4CCC[C@@H]43)c(F)n12. The smallest absolute Gasteiger partial charge is 0.274 e. The van der Waals surface area contributed by atoms with Crippen molar-refractivity contribution in [3.8, 4) is 0 Å². The summed E-state index contributed by atoms with van der Waals surface area (Å²) in [5.41, 5.74) is 1.13. The van der Waals surface area contributed by atoms with E-state index in [9.17, 15) is 9.18 Å². The zero-order valence-electron chi connectivity index (χ0n) is 12.7. The molecular formula is C17H20FN3O. The lowest BCUT2D eigenvalue weighted by Crippen LogP contribution is -2.38. The number of hydrogen-bond acceptors (Lipinski definition) is 2. The number of nitrogens with one attached hydrogen (secondary N) is 1. The number of aromatic nitrogens is 2. The minimum Gasteiger partial charge on any atom is -0.348 e. The maximum absolute atomic E-state index is 14.5. The molecule has 2 aliphatic rings. The molecule has 3 atom stereocenters. The van der Waals surface area contributed by atoms with Gasteiger partial charge in [-0.3, -0.25) is 9.20 Å². The number of pyridine rings is 1. The standard InChI is InChI=1S/C17H20FN3O/c1-10-4-2-7-14-20-15(16(18)21(10)14)17(22)19-13-9-8-11-5-3-6-12(11)13/h2,4,7,11-13H,3,5-6,8-9H2,1H3,(H,19,22)/t11-,12-,13-/m0/s1. The zero-order chi connectivity index (χ0) is 15.3. The summed E-state index contributed by atoms with van der Waals surface area (Å²) in [6, 6.07) is 5.53. The summed E-state index contributed by atoms with van der Waals surface area (Å²) in [5, 5.41) is 3.03. The maximum Gasteiger partial charge on any atom is 0.274 e. The van der Waals surface area contributed by atoms with Crippen LogP contribution in [0.3, 0.4) is 0 Å². The second-order valence-corrected chi connectivity index (χ2v) is 6.62. The molecule has 0 bridgehead atoms. The molecule has 2 saturated carbocycles. The Morgan fingerprint density at radius 3 is 3.00 bits per heavy atom. The molecule has 0 aromatic carbocycles. The van der Waals surface area contributed by atoms with E-state index in [0.29, 0.717) is 11.6 Å². The van der Waals surface area contributed by atoms with Crippen molar-refractivity contribution in [3.63, 3.8) is 0 Å². The molecule has 2 fully saturated rings. The van der Waals surface area contributed by atoms with Gasteiger partial charge in [0.05, 0.1) is 0 Å². The first-order valence-electron chi connectivity index (χ1n) is 8.09. The van der Waals surface area contributed by atoms with E-state index in [2.05, 4.69) is 10.3 Å². The van der Waals surface area contributed by atoms with E-state index in [0.717, 1.165) is 18.0 Å². The average molecular weight is 301 g/mol.